The average Bonchev–Trinajstić information content (AvgIpc) is 2.50. The SMILES string of the molecule is NCCC(=O)NC1CCC(NC(=O)C2CCC(N)CC2)CC1. The van der Waals surface area contributed by atoms with Gasteiger partial charge in [0.15, 0.2) is 0 Å². The van der Waals surface area contributed by atoms with Gasteiger partial charge in [-0.1, -0.05) is 0 Å². The number of hydrogen-bond acceptors (Lipinski definition) is 4. The molecule has 0 radical (unpaired) electrons. The van der Waals surface area contributed by atoms with Crippen LogP contribution in [0.1, 0.15) is 57.8 Å². The van der Waals surface area contributed by atoms with E-state index < -0.39 is 0 Å². The summed E-state index contributed by atoms with van der Waals surface area (Å²) in [4.78, 5) is 23.8. The van der Waals surface area contributed by atoms with Gasteiger partial charge in [-0.25, -0.2) is 0 Å². The van der Waals surface area contributed by atoms with E-state index in [4.69, 9.17) is 11.5 Å². The zero-order valence-electron chi connectivity index (χ0n) is 13.4. The standard InChI is InChI=1S/C16H30N4O2/c17-10-9-15(21)19-13-5-7-14(8-6-13)20-16(22)11-1-3-12(18)4-2-11/h11-14H,1-10,17-18H2,(H,19,21)(H,20,22). The molecule has 22 heavy (non-hydrogen) atoms. The molecule has 2 aliphatic rings. The summed E-state index contributed by atoms with van der Waals surface area (Å²) in [6.45, 7) is 0.391. The van der Waals surface area contributed by atoms with Crippen molar-refractivity contribution in [1.29, 1.82) is 0 Å². The van der Waals surface area contributed by atoms with Crippen LogP contribution in [-0.4, -0.2) is 36.5 Å². The van der Waals surface area contributed by atoms with Crippen molar-refractivity contribution < 1.29 is 9.59 Å². The molecule has 0 unspecified atom stereocenters. The summed E-state index contributed by atoms with van der Waals surface area (Å²) in [5, 5.41) is 6.21. The first-order valence-electron chi connectivity index (χ1n) is 8.64. The maximum atomic E-state index is 12.3. The largest absolute Gasteiger partial charge is 0.353 e. The molecule has 0 heterocycles. The molecule has 2 aliphatic carbocycles. The summed E-state index contributed by atoms with van der Waals surface area (Å²) in [6.07, 6.45) is 7.86. The van der Waals surface area contributed by atoms with Crippen LogP contribution in [-0.2, 0) is 9.59 Å². The third kappa shape index (κ3) is 5.25. The Morgan fingerprint density at radius 2 is 1.41 bits per heavy atom. The number of hydrogen-bond donors (Lipinski definition) is 4. The number of nitrogens with two attached hydrogens (primary N) is 2. The smallest absolute Gasteiger partial charge is 0.223 e. The Bertz CT molecular complexity index is 372. The molecule has 0 atom stereocenters. The first-order valence-corrected chi connectivity index (χ1v) is 8.64. The molecule has 2 rings (SSSR count). The molecule has 2 saturated carbocycles. The van der Waals surface area contributed by atoms with Crippen molar-refractivity contribution in [1.82, 2.24) is 10.6 Å². The summed E-state index contributed by atoms with van der Waals surface area (Å²) >= 11 is 0. The van der Waals surface area contributed by atoms with E-state index in [9.17, 15) is 9.59 Å². The zero-order chi connectivity index (χ0) is 15.9. The van der Waals surface area contributed by atoms with Crippen molar-refractivity contribution in [2.24, 2.45) is 17.4 Å². The van der Waals surface area contributed by atoms with Gasteiger partial charge in [-0.3, -0.25) is 9.59 Å². The van der Waals surface area contributed by atoms with Crippen LogP contribution in [0.2, 0.25) is 0 Å². The minimum Gasteiger partial charge on any atom is -0.353 e. The maximum absolute atomic E-state index is 12.3. The lowest BCUT2D eigenvalue weighted by molar-refractivity contribution is -0.127. The van der Waals surface area contributed by atoms with Gasteiger partial charge in [-0.15, -0.1) is 0 Å². The van der Waals surface area contributed by atoms with Crippen molar-refractivity contribution >= 4 is 11.8 Å². The van der Waals surface area contributed by atoms with Crippen LogP contribution < -0.4 is 22.1 Å². The second-order valence-corrected chi connectivity index (χ2v) is 6.78. The monoisotopic (exact) mass is 310 g/mol. The van der Waals surface area contributed by atoms with E-state index in [1.807, 2.05) is 0 Å². The fraction of sp³-hybridized carbons (Fsp3) is 0.875. The molecular formula is C16H30N4O2. The van der Waals surface area contributed by atoms with E-state index in [1.165, 1.54) is 0 Å². The van der Waals surface area contributed by atoms with Crippen molar-refractivity contribution in [3.05, 3.63) is 0 Å². The van der Waals surface area contributed by atoms with Gasteiger partial charge in [0.1, 0.15) is 0 Å². The molecule has 0 aromatic rings. The van der Waals surface area contributed by atoms with Crippen molar-refractivity contribution in [3.8, 4) is 0 Å². The van der Waals surface area contributed by atoms with Gasteiger partial charge in [0, 0.05) is 37.0 Å². The van der Waals surface area contributed by atoms with Crippen molar-refractivity contribution in [2.45, 2.75) is 75.9 Å². The molecule has 0 bridgehead atoms. The van der Waals surface area contributed by atoms with E-state index in [-0.39, 0.29) is 35.9 Å². The average molecular weight is 310 g/mol. The topological polar surface area (TPSA) is 110 Å². The molecule has 0 spiro atoms. The highest BCUT2D eigenvalue weighted by atomic mass is 16.2. The second-order valence-electron chi connectivity index (χ2n) is 6.78. The van der Waals surface area contributed by atoms with Gasteiger partial charge in [0.05, 0.1) is 0 Å². The first-order chi connectivity index (χ1) is 10.6. The Morgan fingerprint density at radius 3 is 1.95 bits per heavy atom. The molecule has 0 aliphatic heterocycles. The summed E-state index contributed by atoms with van der Waals surface area (Å²) in [7, 11) is 0. The summed E-state index contributed by atoms with van der Waals surface area (Å²) < 4.78 is 0. The number of carbonyl (C=O) groups excluding carboxylic acids is 2. The van der Waals surface area contributed by atoms with Gasteiger partial charge in [0.25, 0.3) is 0 Å². The number of nitrogens with one attached hydrogen (secondary N) is 2. The number of amides is 2. The Morgan fingerprint density at radius 1 is 0.864 bits per heavy atom. The Hall–Kier alpha value is -1.14. The lowest BCUT2D eigenvalue weighted by Crippen LogP contribution is -2.46. The van der Waals surface area contributed by atoms with E-state index in [0.717, 1.165) is 51.4 Å². The summed E-state index contributed by atoms with van der Waals surface area (Å²) in [6, 6.07) is 0.766. The molecule has 6 heteroatoms. The molecule has 126 valence electrons. The van der Waals surface area contributed by atoms with E-state index in [0.29, 0.717) is 13.0 Å². The van der Waals surface area contributed by atoms with Crippen LogP contribution in [0.4, 0.5) is 0 Å². The molecule has 6 nitrogen and oxygen atoms in total. The normalized spacial score (nSPS) is 32.3. The van der Waals surface area contributed by atoms with Crippen LogP contribution in [0, 0.1) is 5.92 Å². The van der Waals surface area contributed by atoms with Crippen LogP contribution in [0.5, 0.6) is 0 Å². The Balaban J connectivity index is 1.66. The fourth-order valence-electron chi connectivity index (χ4n) is 3.51. The molecule has 2 amide bonds. The predicted molar refractivity (Wildman–Crippen MR) is 85.9 cm³/mol. The third-order valence-electron chi connectivity index (χ3n) is 4.95. The van der Waals surface area contributed by atoms with Crippen LogP contribution in [0.15, 0.2) is 0 Å². The third-order valence-corrected chi connectivity index (χ3v) is 4.95. The molecule has 0 aromatic carbocycles. The van der Waals surface area contributed by atoms with Gasteiger partial charge < -0.3 is 22.1 Å². The van der Waals surface area contributed by atoms with Gasteiger partial charge in [-0.05, 0) is 51.4 Å². The van der Waals surface area contributed by atoms with Gasteiger partial charge >= 0.3 is 0 Å². The van der Waals surface area contributed by atoms with Crippen LogP contribution in [0.3, 0.4) is 0 Å². The summed E-state index contributed by atoms with van der Waals surface area (Å²) in [5.41, 5.74) is 11.3. The highest BCUT2D eigenvalue weighted by molar-refractivity contribution is 5.79. The highest BCUT2D eigenvalue weighted by Gasteiger charge is 2.28. The number of rotatable bonds is 5. The molecule has 0 saturated heterocycles. The quantitative estimate of drug-likeness (QED) is 0.589. The van der Waals surface area contributed by atoms with Gasteiger partial charge in [0.2, 0.25) is 11.8 Å². The van der Waals surface area contributed by atoms with Crippen LogP contribution >= 0.6 is 0 Å². The maximum Gasteiger partial charge on any atom is 0.223 e. The molecular weight excluding hydrogens is 280 g/mol. The highest BCUT2D eigenvalue weighted by Crippen LogP contribution is 2.25. The van der Waals surface area contributed by atoms with Crippen molar-refractivity contribution in [2.75, 3.05) is 6.54 Å². The minimum atomic E-state index is 0.0357. The lowest BCUT2D eigenvalue weighted by atomic mass is 9.85. The molecule has 6 N–H and O–H groups in total. The second kappa shape index (κ2) is 8.48. The van der Waals surface area contributed by atoms with Crippen molar-refractivity contribution in [3.63, 3.8) is 0 Å². The lowest BCUT2D eigenvalue weighted by Gasteiger charge is -2.32. The molecule has 0 aromatic heterocycles. The van der Waals surface area contributed by atoms with Gasteiger partial charge in [-0.2, -0.15) is 0 Å². The Labute approximate surface area is 132 Å². The number of carbonyl (C=O) groups is 2. The fourth-order valence-corrected chi connectivity index (χ4v) is 3.51. The van der Waals surface area contributed by atoms with Crippen LogP contribution in [0.25, 0.3) is 0 Å². The zero-order valence-corrected chi connectivity index (χ0v) is 13.4. The molecule has 2 fully saturated rings. The Kier molecular flexibility index (Phi) is 6.64. The minimum absolute atomic E-state index is 0.0357. The predicted octanol–water partition coefficient (Wildman–Crippen LogP) is 0.396. The summed E-state index contributed by atoms with van der Waals surface area (Å²) in [5.74, 6) is 0.373. The van der Waals surface area contributed by atoms with E-state index in [2.05, 4.69) is 10.6 Å². The van der Waals surface area contributed by atoms with E-state index >= 15 is 0 Å². The van der Waals surface area contributed by atoms with E-state index in [1.54, 1.807) is 0 Å². The first kappa shape index (κ1) is 17.2.